The Balaban J connectivity index is 0.00000300. The lowest BCUT2D eigenvalue weighted by Gasteiger charge is -2.36. The Morgan fingerprint density at radius 3 is 2.31 bits per heavy atom. The molecule has 5 nitrogen and oxygen atoms in total. The molecule has 3 rings (SSSR count). The van der Waals surface area contributed by atoms with Gasteiger partial charge < -0.3 is 15.1 Å². The van der Waals surface area contributed by atoms with E-state index in [9.17, 15) is 10.1 Å². The van der Waals surface area contributed by atoms with Crippen molar-refractivity contribution in [2.45, 2.75) is 20.8 Å². The van der Waals surface area contributed by atoms with E-state index in [1.165, 1.54) is 16.8 Å². The van der Waals surface area contributed by atoms with Crippen LogP contribution in [0.5, 0.6) is 0 Å². The number of aryl methyl sites for hydroxylation is 2. The average Bonchev–Trinajstić information content (AvgIpc) is 2.70. The standard InChI is InChI=1S/C23H26N4O.ClH/c1-17-8-6-10-22(19(17)3)27-13-11-26(12-14-27)16-20(15-24)23(28)25-21-9-5-4-7-18(21)2;/h4-10,16H,11-14H2,1-3H3,(H,25,28);1H/b20-16-;. The third-order valence-corrected chi connectivity index (χ3v) is 5.30. The van der Waals surface area contributed by atoms with Gasteiger partial charge in [-0.25, -0.2) is 0 Å². The molecule has 6 heteroatoms. The van der Waals surface area contributed by atoms with Gasteiger partial charge >= 0.3 is 0 Å². The highest BCUT2D eigenvalue weighted by molar-refractivity contribution is 6.06. The smallest absolute Gasteiger partial charge is 0.267 e. The van der Waals surface area contributed by atoms with E-state index < -0.39 is 0 Å². The molecular formula is C23H27ClN4O. The van der Waals surface area contributed by atoms with Crippen molar-refractivity contribution in [2.24, 2.45) is 0 Å². The molecule has 2 aromatic rings. The number of hydrogen-bond acceptors (Lipinski definition) is 4. The number of para-hydroxylation sites is 1. The quantitative estimate of drug-likeness (QED) is 0.606. The Morgan fingerprint density at radius 1 is 1.00 bits per heavy atom. The summed E-state index contributed by atoms with van der Waals surface area (Å²) >= 11 is 0. The SMILES string of the molecule is Cc1ccccc1NC(=O)/C(C#N)=C\N1CCN(c2cccc(C)c2C)CC1.Cl. The molecule has 0 atom stereocenters. The largest absolute Gasteiger partial charge is 0.373 e. The first-order chi connectivity index (χ1) is 13.5. The summed E-state index contributed by atoms with van der Waals surface area (Å²) in [4.78, 5) is 16.9. The van der Waals surface area contributed by atoms with E-state index in [2.05, 4.69) is 47.2 Å². The second-order valence-electron chi connectivity index (χ2n) is 7.17. The predicted octanol–water partition coefficient (Wildman–Crippen LogP) is 4.20. The summed E-state index contributed by atoms with van der Waals surface area (Å²) in [6.45, 7) is 9.48. The van der Waals surface area contributed by atoms with E-state index in [1.54, 1.807) is 6.20 Å². The van der Waals surface area contributed by atoms with Crippen LogP contribution in [0.3, 0.4) is 0 Å². The van der Waals surface area contributed by atoms with Crippen LogP contribution in [0.2, 0.25) is 0 Å². The van der Waals surface area contributed by atoms with E-state index in [4.69, 9.17) is 0 Å². The highest BCUT2D eigenvalue weighted by Crippen LogP contribution is 2.24. The Hall–Kier alpha value is -2.97. The minimum absolute atomic E-state index is 0. The van der Waals surface area contributed by atoms with Gasteiger partial charge in [-0.1, -0.05) is 30.3 Å². The first-order valence-electron chi connectivity index (χ1n) is 9.53. The molecule has 0 unspecified atom stereocenters. The molecule has 1 aliphatic heterocycles. The van der Waals surface area contributed by atoms with Gasteiger partial charge in [0.25, 0.3) is 5.91 Å². The summed E-state index contributed by atoms with van der Waals surface area (Å²) < 4.78 is 0. The Labute approximate surface area is 179 Å². The van der Waals surface area contributed by atoms with Gasteiger partial charge in [0.2, 0.25) is 0 Å². The second kappa shape index (κ2) is 9.99. The first kappa shape index (κ1) is 22.3. The molecule has 0 saturated carbocycles. The molecule has 0 radical (unpaired) electrons. The molecule has 152 valence electrons. The van der Waals surface area contributed by atoms with Crippen LogP contribution in [0.1, 0.15) is 16.7 Å². The van der Waals surface area contributed by atoms with Gasteiger partial charge in [-0.2, -0.15) is 5.26 Å². The third kappa shape index (κ3) is 5.30. The molecule has 2 aromatic carbocycles. The van der Waals surface area contributed by atoms with E-state index in [0.29, 0.717) is 0 Å². The number of anilines is 2. The monoisotopic (exact) mass is 410 g/mol. The van der Waals surface area contributed by atoms with Crippen molar-refractivity contribution < 1.29 is 4.79 Å². The molecule has 29 heavy (non-hydrogen) atoms. The predicted molar refractivity (Wildman–Crippen MR) is 120 cm³/mol. The van der Waals surface area contributed by atoms with Gasteiger partial charge in [-0.15, -0.1) is 12.4 Å². The summed E-state index contributed by atoms with van der Waals surface area (Å²) in [7, 11) is 0. The van der Waals surface area contributed by atoms with Crippen molar-refractivity contribution in [3.05, 3.63) is 70.9 Å². The zero-order chi connectivity index (χ0) is 20.1. The zero-order valence-electron chi connectivity index (χ0n) is 17.1. The summed E-state index contributed by atoms with van der Waals surface area (Å²) in [6.07, 6.45) is 1.69. The van der Waals surface area contributed by atoms with Gasteiger partial charge in [-0.05, 0) is 49.6 Å². The number of benzene rings is 2. The van der Waals surface area contributed by atoms with Crippen molar-refractivity contribution in [1.29, 1.82) is 5.26 Å². The molecule has 1 amide bonds. The fraction of sp³-hybridized carbons (Fsp3) is 0.304. The number of nitrogens with one attached hydrogen (secondary N) is 1. The van der Waals surface area contributed by atoms with Crippen LogP contribution >= 0.6 is 12.4 Å². The lowest BCUT2D eigenvalue weighted by molar-refractivity contribution is -0.112. The van der Waals surface area contributed by atoms with Crippen LogP contribution in [0.4, 0.5) is 11.4 Å². The van der Waals surface area contributed by atoms with Crippen molar-refractivity contribution in [3.8, 4) is 6.07 Å². The third-order valence-electron chi connectivity index (χ3n) is 5.30. The number of halogens is 1. The fourth-order valence-electron chi connectivity index (χ4n) is 3.39. The molecule has 0 aliphatic carbocycles. The number of hydrogen-bond donors (Lipinski definition) is 1. The Bertz CT molecular complexity index is 940. The van der Waals surface area contributed by atoms with Gasteiger partial charge in [0.05, 0.1) is 0 Å². The maximum absolute atomic E-state index is 12.5. The normalized spacial score (nSPS) is 14.1. The molecule has 1 heterocycles. The van der Waals surface area contributed by atoms with E-state index >= 15 is 0 Å². The number of nitriles is 1. The molecule has 1 aliphatic rings. The zero-order valence-corrected chi connectivity index (χ0v) is 17.9. The van der Waals surface area contributed by atoms with Crippen molar-refractivity contribution >= 4 is 29.7 Å². The Kier molecular flexibility index (Phi) is 7.69. The van der Waals surface area contributed by atoms with Crippen LogP contribution in [0.25, 0.3) is 0 Å². The van der Waals surface area contributed by atoms with Crippen LogP contribution in [0, 0.1) is 32.1 Å². The van der Waals surface area contributed by atoms with Gasteiger partial charge in [0.15, 0.2) is 0 Å². The number of nitrogens with zero attached hydrogens (tertiary/aromatic N) is 3. The van der Waals surface area contributed by atoms with Crippen molar-refractivity contribution in [3.63, 3.8) is 0 Å². The lowest BCUT2D eigenvalue weighted by Crippen LogP contribution is -2.44. The molecule has 0 aromatic heterocycles. The molecular weight excluding hydrogens is 384 g/mol. The highest BCUT2D eigenvalue weighted by atomic mass is 35.5. The average molecular weight is 411 g/mol. The number of rotatable bonds is 4. The second-order valence-corrected chi connectivity index (χ2v) is 7.17. The van der Waals surface area contributed by atoms with Crippen molar-refractivity contribution in [1.82, 2.24) is 4.90 Å². The minimum Gasteiger partial charge on any atom is -0.373 e. The lowest BCUT2D eigenvalue weighted by atomic mass is 10.1. The number of piperazine rings is 1. The van der Waals surface area contributed by atoms with Crippen LogP contribution in [-0.4, -0.2) is 37.0 Å². The molecule has 1 N–H and O–H groups in total. The van der Waals surface area contributed by atoms with Gasteiger partial charge in [0.1, 0.15) is 11.6 Å². The van der Waals surface area contributed by atoms with Crippen LogP contribution in [0.15, 0.2) is 54.2 Å². The van der Waals surface area contributed by atoms with E-state index in [1.807, 2.05) is 37.3 Å². The summed E-state index contributed by atoms with van der Waals surface area (Å²) in [5.74, 6) is -0.367. The maximum atomic E-state index is 12.5. The number of amides is 1. The van der Waals surface area contributed by atoms with Crippen LogP contribution < -0.4 is 10.2 Å². The highest BCUT2D eigenvalue weighted by Gasteiger charge is 2.19. The Morgan fingerprint density at radius 2 is 1.66 bits per heavy atom. The summed E-state index contributed by atoms with van der Waals surface area (Å²) in [5, 5.41) is 12.3. The van der Waals surface area contributed by atoms with E-state index in [-0.39, 0.29) is 23.9 Å². The topological polar surface area (TPSA) is 59.4 Å². The molecule has 0 bridgehead atoms. The van der Waals surface area contributed by atoms with Gasteiger partial charge in [-0.3, -0.25) is 4.79 Å². The number of carbonyl (C=O) groups excluding carboxylic acids is 1. The molecule has 1 fully saturated rings. The first-order valence-corrected chi connectivity index (χ1v) is 9.53. The minimum atomic E-state index is -0.367. The maximum Gasteiger partial charge on any atom is 0.267 e. The van der Waals surface area contributed by atoms with Crippen molar-refractivity contribution in [2.75, 3.05) is 36.4 Å². The fourth-order valence-corrected chi connectivity index (χ4v) is 3.39. The summed E-state index contributed by atoms with van der Waals surface area (Å²) in [6, 6.07) is 16.0. The van der Waals surface area contributed by atoms with Gasteiger partial charge in [0, 0.05) is 43.8 Å². The molecule has 0 spiro atoms. The number of carbonyl (C=O) groups is 1. The van der Waals surface area contributed by atoms with E-state index in [0.717, 1.165) is 37.4 Å². The molecule has 1 saturated heterocycles. The van der Waals surface area contributed by atoms with Crippen LogP contribution in [-0.2, 0) is 4.79 Å². The summed E-state index contributed by atoms with van der Waals surface area (Å²) in [5.41, 5.74) is 5.69.